The molecule has 2 aromatic heterocycles. The first-order valence-corrected chi connectivity index (χ1v) is 9.25. The fraction of sp³-hybridized carbons (Fsp3) is 0.611. The lowest BCUT2D eigenvalue weighted by molar-refractivity contribution is -0.183. The number of fused-ring (bicyclic) bond motifs is 1. The highest BCUT2D eigenvalue weighted by atomic mass is 19.4. The van der Waals surface area contributed by atoms with Crippen molar-refractivity contribution in [2.45, 2.75) is 38.9 Å². The SMILES string of the molecule is Cc1noc2nc(C(C)C)cc(C(=O)NCC(N3CCNCC3)C(F)(F)F)c12. The molecule has 1 saturated heterocycles. The van der Waals surface area contributed by atoms with E-state index in [9.17, 15) is 18.0 Å². The summed E-state index contributed by atoms with van der Waals surface area (Å²) in [6, 6.07) is -0.135. The van der Waals surface area contributed by atoms with Crippen LogP contribution in [0.25, 0.3) is 11.1 Å². The second-order valence-electron chi connectivity index (χ2n) is 7.25. The number of amides is 1. The molecule has 1 aliphatic rings. The molecule has 1 atom stereocenters. The smallest absolute Gasteiger partial charge is 0.350 e. The number of piperazine rings is 1. The van der Waals surface area contributed by atoms with Gasteiger partial charge in [-0.3, -0.25) is 9.69 Å². The van der Waals surface area contributed by atoms with E-state index in [1.807, 2.05) is 13.8 Å². The van der Waals surface area contributed by atoms with Gasteiger partial charge in [-0.2, -0.15) is 13.2 Å². The molecule has 1 fully saturated rings. The minimum atomic E-state index is -4.44. The van der Waals surface area contributed by atoms with Crippen molar-refractivity contribution in [2.75, 3.05) is 32.7 Å². The summed E-state index contributed by atoms with van der Waals surface area (Å²) in [5, 5.41) is 9.75. The molecule has 0 saturated carbocycles. The van der Waals surface area contributed by atoms with E-state index in [1.54, 1.807) is 13.0 Å². The van der Waals surface area contributed by atoms with Gasteiger partial charge in [0.25, 0.3) is 11.6 Å². The van der Waals surface area contributed by atoms with E-state index in [-0.39, 0.29) is 30.3 Å². The monoisotopic (exact) mass is 399 g/mol. The van der Waals surface area contributed by atoms with Gasteiger partial charge in [-0.15, -0.1) is 0 Å². The normalized spacial score (nSPS) is 17.2. The third-order valence-corrected chi connectivity index (χ3v) is 4.90. The highest BCUT2D eigenvalue weighted by molar-refractivity contribution is 6.06. The van der Waals surface area contributed by atoms with Crippen LogP contribution < -0.4 is 10.6 Å². The van der Waals surface area contributed by atoms with Gasteiger partial charge in [0.1, 0.15) is 6.04 Å². The van der Waals surface area contributed by atoms with E-state index in [0.29, 0.717) is 29.9 Å². The molecule has 2 N–H and O–H groups in total. The summed E-state index contributed by atoms with van der Waals surface area (Å²) in [6.45, 7) is 6.49. The van der Waals surface area contributed by atoms with Crippen molar-refractivity contribution in [1.29, 1.82) is 0 Å². The number of carbonyl (C=O) groups is 1. The van der Waals surface area contributed by atoms with Crippen LogP contribution in [0, 0.1) is 6.92 Å². The minimum Gasteiger partial charge on any atom is -0.350 e. The number of halogens is 3. The Morgan fingerprint density at radius 2 is 2.04 bits per heavy atom. The average Bonchev–Trinajstić information content (AvgIpc) is 3.02. The Kier molecular flexibility index (Phi) is 5.90. The van der Waals surface area contributed by atoms with Gasteiger partial charge in [0.15, 0.2) is 0 Å². The van der Waals surface area contributed by atoms with Crippen LogP contribution in [0.15, 0.2) is 10.6 Å². The second kappa shape index (κ2) is 8.04. The van der Waals surface area contributed by atoms with Crippen LogP contribution in [-0.2, 0) is 0 Å². The summed E-state index contributed by atoms with van der Waals surface area (Å²) in [5.41, 5.74) is 1.53. The molecule has 1 amide bonds. The topological polar surface area (TPSA) is 83.3 Å². The third-order valence-electron chi connectivity index (χ3n) is 4.90. The highest BCUT2D eigenvalue weighted by Gasteiger charge is 2.44. The summed E-state index contributed by atoms with van der Waals surface area (Å²) in [6.07, 6.45) is -4.44. The first-order valence-electron chi connectivity index (χ1n) is 9.25. The van der Waals surface area contributed by atoms with Crippen LogP contribution >= 0.6 is 0 Å². The summed E-state index contributed by atoms with van der Waals surface area (Å²) >= 11 is 0. The zero-order chi connectivity index (χ0) is 20.5. The van der Waals surface area contributed by atoms with Crippen molar-refractivity contribution in [1.82, 2.24) is 25.7 Å². The summed E-state index contributed by atoms with van der Waals surface area (Å²) in [7, 11) is 0. The number of alkyl halides is 3. The summed E-state index contributed by atoms with van der Waals surface area (Å²) in [4.78, 5) is 18.5. The maximum atomic E-state index is 13.5. The van der Waals surface area contributed by atoms with Crippen LogP contribution in [0.3, 0.4) is 0 Å². The van der Waals surface area contributed by atoms with Gasteiger partial charge in [0, 0.05) is 38.4 Å². The Balaban J connectivity index is 1.84. The van der Waals surface area contributed by atoms with E-state index in [1.165, 1.54) is 4.90 Å². The number of pyridine rings is 1. The molecule has 7 nitrogen and oxygen atoms in total. The maximum Gasteiger partial charge on any atom is 0.405 e. The number of hydrogen-bond donors (Lipinski definition) is 2. The predicted molar refractivity (Wildman–Crippen MR) is 97.2 cm³/mol. The van der Waals surface area contributed by atoms with Crippen LogP contribution in [0.2, 0.25) is 0 Å². The van der Waals surface area contributed by atoms with E-state index in [4.69, 9.17) is 4.52 Å². The van der Waals surface area contributed by atoms with Crippen LogP contribution in [0.1, 0.15) is 41.5 Å². The van der Waals surface area contributed by atoms with Crippen molar-refractivity contribution >= 4 is 17.0 Å². The van der Waals surface area contributed by atoms with Crippen molar-refractivity contribution < 1.29 is 22.5 Å². The zero-order valence-corrected chi connectivity index (χ0v) is 16.1. The second-order valence-corrected chi connectivity index (χ2v) is 7.25. The molecule has 0 aromatic carbocycles. The van der Waals surface area contributed by atoms with E-state index in [2.05, 4.69) is 20.8 Å². The third kappa shape index (κ3) is 4.27. The summed E-state index contributed by atoms with van der Waals surface area (Å²) in [5.74, 6) is -0.574. The number of hydrogen-bond acceptors (Lipinski definition) is 6. The number of aryl methyl sites for hydroxylation is 1. The van der Waals surface area contributed by atoms with Gasteiger partial charge in [0.2, 0.25) is 0 Å². The van der Waals surface area contributed by atoms with E-state index in [0.717, 1.165) is 0 Å². The van der Waals surface area contributed by atoms with Crippen molar-refractivity contribution in [2.24, 2.45) is 0 Å². The molecule has 0 radical (unpaired) electrons. The quantitative estimate of drug-likeness (QED) is 0.802. The highest BCUT2D eigenvalue weighted by Crippen LogP contribution is 2.27. The maximum absolute atomic E-state index is 13.5. The molecule has 2 aromatic rings. The Hall–Kier alpha value is -2.20. The van der Waals surface area contributed by atoms with Crippen LogP contribution in [0.4, 0.5) is 13.2 Å². The molecule has 154 valence electrons. The number of rotatable bonds is 5. The van der Waals surface area contributed by atoms with E-state index >= 15 is 0 Å². The molecule has 1 aliphatic heterocycles. The van der Waals surface area contributed by atoms with Gasteiger partial charge in [-0.25, -0.2) is 4.98 Å². The van der Waals surface area contributed by atoms with Gasteiger partial charge < -0.3 is 15.2 Å². The van der Waals surface area contributed by atoms with E-state index < -0.39 is 24.7 Å². The fourth-order valence-corrected chi connectivity index (χ4v) is 3.32. The van der Waals surface area contributed by atoms with Gasteiger partial charge >= 0.3 is 6.18 Å². The Bertz CT molecular complexity index is 844. The lowest BCUT2D eigenvalue weighted by Crippen LogP contribution is -2.57. The Labute approximate surface area is 160 Å². The van der Waals surface area contributed by atoms with Gasteiger partial charge in [-0.1, -0.05) is 19.0 Å². The standard InChI is InChI=1S/C18H24F3N5O2/c1-10(2)13-8-12(15-11(3)25-28-17(15)24-13)16(27)23-9-14(18(19,20)21)26-6-4-22-5-7-26/h8,10,14,22H,4-7,9H2,1-3H3,(H,23,27). The molecular formula is C18H24F3N5O2. The molecule has 3 heterocycles. The van der Waals surface area contributed by atoms with Crippen molar-refractivity contribution in [3.8, 4) is 0 Å². The first kappa shape index (κ1) is 20.5. The number of nitrogens with zero attached hydrogens (tertiary/aromatic N) is 3. The molecule has 10 heteroatoms. The van der Waals surface area contributed by atoms with Crippen LogP contribution in [-0.4, -0.2) is 65.9 Å². The molecule has 0 aliphatic carbocycles. The molecule has 0 spiro atoms. The lowest BCUT2D eigenvalue weighted by atomic mass is 10.0. The first-order chi connectivity index (χ1) is 13.2. The number of carbonyl (C=O) groups excluding carboxylic acids is 1. The Morgan fingerprint density at radius 1 is 1.36 bits per heavy atom. The van der Waals surface area contributed by atoms with Crippen molar-refractivity contribution in [3.63, 3.8) is 0 Å². The molecule has 28 heavy (non-hydrogen) atoms. The molecular weight excluding hydrogens is 375 g/mol. The van der Waals surface area contributed by atoms with Crippen LogP contribution in [0.5, 0.6) is 0 Å². The van der Waals surface area contributed by atoms with Gasteiger partial charge in [-0.05, 0) is 18.9 Å². The van der Waals surface area contributed by atoms with Gasteiger partial charge in [0.05, 0.1) is 16.6 Å². The molecule has 0 bridgehead atoms. The molecule has 1 unspecified atom stereocenters. The summed E-state index contributed by atoms with van der Waals surface area (Å²) < 4.78 is 45.8. The fourth-order valence-electron chi connectivity index (χ4n) is 3.32. The number of nitrogens with one attached hydrogen (secondary N) is 2. The Morgan fingerprint density at radius 3 is 2.64 bits per heavy atom. The van der Waals surface area contributed by atoms with Crippen molar-refractivity contribution in [3.05, 3.63) is 23.0 Å². The lowest BCUT2D eigenvalue weighted by Gasteiger charge is -2.35. The zero-order valence-electron chi connectivity index (χ0n) is 16.1. The largest absolute Gasteiger partial charge is 0.405 e. The average molecular weight is 399 g/mol. The number of aromatic nitrogens is 2. The molecule has 3 rings (SSSR count). The predicted octanol–water partition coefficient (Wildman–Crippen LogP) is 2.22. The minimum absolute atomic E-state index is 0.0186.